The van der Waals surface area contributed by atoms with Gasteiger partial charge in [-0.2, -0.15) is 13.2 Å². The second-order valence-corrected chi connectivity index (χ2v) is 9.22. The maximum atomic E-state index is 13.6. The van der Waals surface area contributed by atoms with E-state index in [9.17, 15) is 22.8 Å². The zero-order chi connectivity index (χ0) is 26.2. The third-order valence-corrected chi connectivity index (χ3v) is 6.77. The molecule has 0 radical (unpaired) electrons. The summed E-state index contributed by atoms with van der Waals surface area (Å²) in [6.45, 7) is 1.73. The number of carbonyl (C=O) groups excluding carboxylic acids is 2. The van der Waals surface area contributed by atoms with E-state index < -0.39 is 23.6 Å². The second-order valence-electron chi connectivity index (χ2n) is 9.22. The number of hydrogen-bond acceptors (Lipinski definition) is 4. The molecule has 0 spiro atoms. The number of amides is 1. The lowest BCUT2D eigenvalue weighted by molar-refractivity contribution is -0.137. The van der Waals surface area contributed by atoms with Crippen LogP contribution in [0.15, 0.2) is 102 Å². The highest BCUT2D eigenvalue weighted by molar-refractivity contribution is 6.09. The van der Waals surface area contributed by atoms with Crippen LogP contribution in [-0.2, 0) is 15.8 Å². The molecule has 2 aliphatic rings. The van der Waals surface area contributed by atoms with Crippen molar-refractivity contribution in [1.29, 1.82) is 0 Å². The van der Waals surface area contributed by atoms with Gasteiger partial charge in [0.05, 0.1) is 17.2 Å². The summed E-state index contributed by atoms with van der Waals surface area (Å²) in [4.78, 5) is 31.6. The number of benzene rings is 2. The zero-order valence-corrected chi connectivity index (χ0v) is 20.0. The lowest BCUT2D eigenvalue weighted by Crippen LogP contribution is -2.37. The number of aromatic nitrogens is 1. The van der Waals surface area contributed by atoms with Crippen molar-refractivity contribution in [3.8, 4) is 0 Å². The number of nitrogens with zero attached hydrogens (tertiary/aromatic N) is 1. The summed E-state index contributed by atoms with van der Waals surface area (Å²) in [6.07, 6.45) is -2.07. The number of halogens is 3. The van der Waals surface area contributed by atoms with Crippen molar-refractivity contribution >= 4 is 17.4 Å². The van der Waals surface area contributed by atoms with Gasteiger partial charge in [-0.25, -0.2) is 0 Å². The highest BCUT2D eigenvalue weighted by Crippen LogP contribution is 2.45. The minimum Gasteiger partial charge on any atom is -0.362 e. The quantitative estimate of drug-likeness (QED) is 0.451. The third kappa shape index (κ3) is 4.91. The van der Waals surface area contributed by atoms with Crippen LogP contribution in [0.5, 0.6) is 0 Å². The van der Waals surface area contributed by atoms with Gasteiger partial charge in [0.15, 0.2) is 5.78 Å². The fraction of sp³-hybridized carbons (Fsp3) is 0.207. The van der Waals surface area contributed by atoms with Crippen LogP contribution < -0.4 is 10.6 Å². The molecule has 2 atom stereocenters. The predicted octanol–water partition coefficient (Wildman–Crippen LogP) is 6.10. The molecule has 8 heteroatoms. The van der Waals surface area contributed by atoms with E-state index in [1.807, 2.05) is 30.3 Å². The standard InChI is InChI=1S/C29H24F3N3O2/c1-17-25(28(37)35-21-11-7-10-20(16-21)29(30,31)32)27(22-12-5-6-13-33-22)26-23(34-17)14-19(15-24(26)36)18-8-3-2-4-9-18/h2-13,16,19,27,34H,14-15H2,1H3,(H,35,37)/t19-,27-/m1/s1. The number of carbonyl (C=O) groups is 2. The van der Waals surface area contributed by atoms with E-state index in [1.54, 1.807) is 31.3 Å². The van der Waals surface area contributed by atoms with Gasteiger partial charge in [0.2, 0.25) is 0 Å². The first-order valence-corrected chi connectivity index (χ1v) is 11.9. The SMILES string of the molecule is CC1=C(C(=O)Nc2cccc(C(F)(F)F)c2)[C@@H](c2ccccn2)C2=C(C[C@@H](c3ccccc3)CC2=O)N1. The molecule has 2 N–H and O–H groups in total. The minimum atomic E-state index is -4.54. The Morgan fingerprint density at radius 1 is 1.00 bits per heavy atom. The fourth-order valence-electron chi connectivity index (χ4n) is 5.12. The summed E-state index contributed by atoms with van der Waals surface area (Å²) in [7, 11) is 0. The molecule has 5 nitrogen and oxygen atoms in total. The summed E-state index contributed by atoms with van der Waals surface area (Å²) in [5.74, 6) is -1.43. The molecule has 2 heterocycles. The highest BCUT2D eigenvalue weighted by atomic mass is 19.4. The van der Waals surface area contributed by atoms with E-state index in [4.69, 9.17) is 0 Å². The van der Waals surface area contributed by atoms with Gasteiger partial charge in [0.25, 0.3) is 5.91 Å². The van der Waals surface area contributed by atoms with Crippen LogP contribution in [0.1, 0.15) is 48.4 Å². The summed E-state index contributed by atoms with van der Waals surface area (Å²) in [6, 6.07) is 19.6. The molecule has 3 aromatic rings. The Morgan fingerprint density at radius 2 is 1.76 bits per heavy atom. The molecule has 1 aromatic heterocycles. The Hall–Kier alpha value is -4.20. The number of nitrogens with one attached hydrogen (secondary N) is 2. The fourth-order valence-corrected chi connectivity index (χ4v) is 5.12. The van der Waals surface area contributed by atoms with E-state index in [1.165, 1.54) is 12.1 Å². The average molecular weight is 504 g/mol. The number of alkyl halides is 3. The molecule has 1 aliphatic carbocycles. The number of hydrogen-bond donors (Lipinski definition) is 2. The molecular formula is C29H24F3N3O2. The van der Waals surface area contributed by atoms with E-state index in [0.29, 0.717) is 23.4 Å². The van der Waals surface area contributed by atoms with Crippen LogP contribution in [-0.4, -0.2) is 16.7 Å². The number of ketones is 1. The van der Waals surface area contributed by atoms with Crippen molar-refractivity contribution in [1.82, 2.24) is 10.3 Å². The normalized spacial score (nSPS) is 19.8. The molecule has 188 valence electrons. The van der Waals surface area contributed by atoms with E-state index >= 15 is 0 Å². The minimum absolute atomic E-state index is 0.00221. The Morgan fingerprint density at radius 3 is 2.46 bits per heavy atom. The lowest BCUT2D eigenvalue weighted by atomic mass is 9.72. The third-order valence-electron chi connectivity index (χ3n) is 6.77. The first-order chi connectivity index (χ1) is 17.7. The molecule has 0 fully saturated rings. The Bertz CT molecular complexity index is 1410. The Balaban J connectivity index is 1.52. The average Bonchev–Trinajstić information content (AvgIpc) is 2.88. The van der Waals surface area contributed by atoms with Gasteiger partial charge >= 0.3 is 6.18 Å². The van der Waals surface area contributed by atoms with Crippen molar-refractivity contribution in [3.63, 3.8) is 0 Å². The van der Waals surface area contributed by atoms with Crippen LogP contribution in [0.3, 0.4) is 0 Å². The largest absolute Gasteiger partial charge is 0.416 e. The monoisotopic (exact) mass is 503 g/mol. The van der Waals surface area contributed by atoms with E-state index in [2.05, 4.69) is 15.6 Å². The maximum absolute atomic E-state index is 13.6. The Kier molecular flexibility index (Phi) is 6.41. The number of pyridine rings is 1. The van der Waals surface area contributed by atoms with Gasteiger partial charge < -0.3 is 10.6 Å². The first-order valence-electron chi connectivity index (χ1n) is 11.9. The molecule has 37 heavy (non-hydrogen) atoms. The Labute approximate surface area is 212 Å². The van der Waals surface area contributed by atoms with Gasteiger partial charge in [-0.05, 0) is 55.2 Å². The molecule has 0 bridgehead atoms. The van der Waals surface area contributed by atoms with Gasteiger partial charge in [0.1, 0.15) is 0 Å². The van der Waals surface area contributed by atoms with Crippen molar-refractivity contribution in [3.05, 3.63) is 118 Å². The van der Waals surface area contributed by atoms with Gasteiger partial charge in [0, 0.05) is 40.8 Å². The van der Waals surface area contributed by atoms with E-state index in [0.717, 1.165) is 23.4 Å². The number of rotatable bonds is 4. The second kappa shape index (κ2) is 9.69. The van der Waals surface area contributed by atoms with Gasteiger partial charge in [-0.15, -0.1) is 0 Å². The molecular weight excluding hydrogens is 479 g/mol. The molecule has 1 amide bonds. The number of dihydropyridines is 1. The zero-order valence-electron chi connectivity index (χ0n) is 20.0. The smallest absolute Gasteiger partial charge is 0.362 e. The molecule has 0 saturated heterocycles. The number of Topliss-reactive ketones (excluding diaryl/α,β-unsaturated/α-hetero) is 1. The summed E-state index contributed by atoms with van der Waals surface area (Å²) >= 11 is 0. The predicted molar refractivity (Wildman–Crippen MR) is 133 cm³/mol. The first kappa shape index (κ1) is 24.5. The summed E-state index contributed by atoms with van der Waals surface area (Å²) < 4.78 is 39.6. The summed E-state index contributed by atoms with van der Waals surface area (Å²) in [5.41, 5.74) is 2.74. The number of anilines is 1. The lowest BCUT2D eigenvalue weighted by Gasteiger charge is -2.36. The van der Waals surface area contributed by atoms with Crippen molar-refractivity contribution in [2.75, 3.05) is 5.32 Å². The molecule has 2 aromatic carbocycles. The maximum Gasteiger partial charge on any atom is 0.416 e. The topological polar surface area (TPSA) is 71.1 Å². The molecule has 0 saturated carbocycles. The van der Waals surface area contributed by atoms with Crippen LogP contribution >= 0.6 is 0 Å². The van der Waals surface area contributed by atoms with Crippen LogP contribution in [0.4, 0.5) is 18.9 Å². The highest BCUT2D eigenvalue weighted by Gasteiger charge is 2.41. The molecule has 5 rings (SSSR count). The molecule has 1 aliphatic heterocycles. The van der Waals surface area contributed by atoms with Crippen molar-refractivity contribution in [2.24, 2.45) is 0 Å². The van der Waals surface area contributed by atoms with Gasteiger partial charge in [-0.3, -0.25) is 14.6 Å². The van der Waals surface area contributed by atoms with Crippen LogP contribution in [0.25, 0.3) is 0 Å². The van der Waals surface area contributed by atoms with Crippen LogP contribution in [0, 0.1) is 0 Å². The molecule has 0 unspecified atom stereocenters. The number of allylic oxidation sites excluding steroid dienone is 3. The summed E-state index contributed by atoms with van der Waals surface area (Å²) in [5, 5.41) is 5.87. The van der Waals surface area contributed by atoms with Crippen LogP contribution in [0.2, 0.25) is 0 Å². The van der Waals surface area contributed by atoms with Crippen molar-refractivity contribution < 1.29 is 22.8 Å². The van der Waals surface area contributed by atoms with Crippen molar-refractivity contribution in [2.45, 2.75) is 37.8 Å². The van der Waals surface area contributed by atoms with E-state index in [-0.39, 0.29) is 29.4 Å². The van der Waals surface area contributed by atoms with Gasteiger partial charge in [-0.1, -0.05) is 42.5 Å².